The molecule has 122 valence electrons. The molecule has 1 unspecified atom stereocenters. The van der Waals surface area contributed by atoms with E-state index in [1.807, 2.05) is 41.8 Å². The maximum absolute atomic E-state index is 12.7. The number of rotatable bonds is 5. The van der Waals surface area contributed by atoms with Crippen LogP contribution in [-0.4, -0.2) is 24.0 Å². The molecule has 0 saturated carbocycles. The van der Waals surface area contributed by atoms with E-state index in [1.54, 1.807) is 12.3 Å². The standard InChI is InChI=1S/C18H16N2O3S/c1-23-16(21)11-14(15-8-4-10-24-15)20-18(22)13-7-2-5-12-6-3-9-19-17(12)13/h2-10,14H,11H2,1H3,(H,20,22). The van der Waals surface area contributed by atoms with E-state index in [1.165, 1.54) is 18.4 Å². The number of esters is 1. The topological polar surface area (TPSA) is 68.3 Å². The zero-order chi connectivity index (χ0) is 16.9. The quantitative estimate of drug-likeness (QED) is 0.723. The van der Waals surface area contributed by atoms with Crippen LogP contribution in [0.25, 0.3) is 10.9 Å². The van der Waals surface area contributed by atoms with Gasteiger partial charge < -0.3 is 10.1 Å². The Morgan fingerprint density at radius 1 is 1.21 bits per heavy atom. The van der Waals surface area contributed by atoms with Gasteiger partial charge in [-0.1, -0.05) is 24.3 Å². The van der Waals surface area contributed by atoms with Crippen LogP contribution < -0.4 is 5.32 Å². The van der Waals surface area contributed by atoms with E-state index in [0.717, 1.165) is 10.3 Å². The van der Waals surface area contributed by atoms with Gasteiger partial charge in [0.25, 0.3) is 5.91 Å². The maximum Gasteiger partial charge on any atom is 0.307 e. The molecule has 0 fully saturated rings. The summed E-state index contributed by atoms with van der Waals surface area (Å²) >= 11 is 1.49. The number of aromatic nitrogens is 1. The molecule has 2 heterocycles. The zero-order valence-corrected chi connectivity index (χ0v) is 13.9. The molecule has 1 N–H and O–H groups in total. The van der Waals surface area contributed by atoms with E-state index in [9.17, 15) is 9.59 Å². The Labute approximate surface area is 143 Å². The van der Waals surface area contributed by atoms with Crippen molar-refractivity contribution in [3.8, 4) is 0 Å². The van der Waals surface area contributed by atoms with Crippen LogP contribution in [0.15, 0.2) is 54.0 Å². The minimum absolute atomic E-state index is 0.0843. The first-order valence-corrected chi connectivity index (χ1v) is 8.32. The summed E-state index contributed by atoms with van der Waals surface area (Å²) in [6, 6.07) is 12.5. The van der Waals surface area contributed by atoms with E-state index >= 15 is 0 Å². The van der Waals surface area contributed by atoms with Crippen molar-refractivity contribution in [3.63, 3.8) is 0 Å². The lowest BCUT2D eigenvalue weighted by Gasteiger charge is -2.17. The molecule has 24 heavy (non-hydrogen) atoms. The Hall–Kier alpha value is -2.73. The minimum Gasteiger partial charge on any atom is -0.469 e. The number of ether oxygens (including phenoxy) is 1. The Morgan fingerprint density at radius 3 is 2.79 bits per heavy atom. The second kappa shape index (κ2) is 7.23. The lowest BCUT2D eigenvalue weighted by Crippen LogP contribution is -2.30. The number of hydrogen-bond donors (Lipinski definition) is 1. The van der Waals surface area contributed by atoms with E-state index in [2.05, 4.69) is 10.3 Å². The number of para-hydroxylation sites is 1. The van der Waals surface area contributed by atoms with Crippen molar-refractivity contribution in [3.05, 3.63) is 64.5 Å². The largest absolute Gasteiger partial charge is 0.469 e. The van der Waals surface area contributed by atoms with Crippen LogP contribution in [0.4, 0.5) is 0 Å². The highest BCUT2D eigenvalue weighted by Crippen LogP contribution is 2.24. The first kappa shape index (κ1) is 16.1. The summed E-state index contributed by atoms with van der Waals surface area (Å²) in [5.41, 5.74) is 1.13. The summed E-state index contributed by atoms with van der Waals surface area (Å²) < 4.78 is 4.74. The number of benzene rings is 1. The summed E-state index contributed by atoms with van der Waals surface area (Å²) in [7, 11) is 1.34. The van der Waals surface area contributed by atoms with Crippen molar-refractivity contribution < 1.29 is 14.3 Å². The van der Waals surface area contributed by atoms with Gasteiger partial charge in [0.1, 0.15) is 0 Å². The molecule has 6 heteroatoms. The average molecular weight is 340 g/mol. The van der Waals surface area contributed by atoms with Crippen LogP contribution in [0.2, 0.25) is 0 Å². The second-order valence-corrected chi connectivity index (χ2v) is 6.18. The molecular formula is C18H16N2O3S. The molecule has 1 amide bonds. The van der Waals surface area contributed by atoms with Gasteiger partial charge in [-0.15, -0.1) is 11.3 Å². The summed E-state index contributed by atoms with van der Waals surface area (Å²) in [6.45, 7) is 0. The first-order valence-electron chi connectivity index (χ1n) is 7.44. The maximum atomic E-state index is 12.7. The van der Waals surface area contributed by atoms with Crippen LogP contribution in [0, 0.1) is 0 Å². The minimum atomic E-state index is -0.427. The van der Waals surface area contributed by atoms with Gasteiger partial charge in [-0.3, -0.25) is 14.6 Å². The number of carbonyl (C=O) groups excluding carboxylic acids is 2. The third kappa shape index (κ3) is 3.44. The Morgan fingerprint density at radius 2 is 2.04 bits per heavy atom. The third-order valence-corrected chi connectivity index (χ3v) is 4.65. The number of amides is 1. The number of pyridine rings is 1. The fourth-order valence-corrected chi connectivity index (χ4v) is 3.26. The molecule has 5 nitrogen and oxygen atoms in total. The van der Waals surface area contributed by atoms with Crippen molar-refractivity contribution in [1.29, 1.82) is 0 Å². The van der Waals surface area contributed by atoms with Gasteiger partial charge in [0, 0.05) is 16.5 Å². The van der Waals surface area contributed by atoms with Crippen molar-refractivity contribution in [2.75, 3.05) is 7.11 Å². The van der Waals surface area contributed by atoms with Gasteiger partial charge in [-0.25, -0.2) is 0 Å². The molecule has 1 aromatic carbocycles. The predicted molar refractivity (Wildman–Crippen MR) is 92.9 cm³/mol. The molecule has 2 aromatic heterocycles. The van der Waals surface area contributed by atoms with Crippen LogP contribution in [0.5, 0.6) is 0 Å². The van der Waals surface area contributed by atoms with E-state index < -0.39 is 6.04 Å². The zero-order valence-electron chi connectivity index (χ0n) is 13.1. The smallest absolute Gasteiger partial charge is 0.307 e. The van der Waals surface area contributed by atoms with Crippen molar-refractivity contribution in [1.82, 2.24) is 10.3 Å². The number of nitrogens with one attached hydrogen (secondary N) is 1. The Bertz CT molecular complexity index is 856. The van der Waals surface area contributed by atoms with Gasteiger partial charge in [-0.05, 0) is 23.6 Å². The Kier molecular flexibility index (Phi) is 4.86. The molecule has 0 saturated heterocycles. The summed E-state index contributed by atoms with van der Waals surface area (Å²) in [5.74, 6) is -0.633. The van der Waals surface area contributed by atoms with Crippen molar-refractivity contribution in [2.24, 2.45) is 0 Å². The predicted octanol–water partition coefficient (Wildman–Crippen LogP) is 3.33. The normalized spacial score (nSPS) is 11.9. The highest BCUT2D eigenvalue weighted by atomic mass is 32.1. The molecule has 3 aromatic rings. The Balaban J connectivity index is 1.88. The van der Waals surface area contributed by atoms with Gasteiger partial charge in [-0.2, -0.15) is 0 Å². The number of carbonyl (C=O) groups is 2. The molecule has 0 aliphatic heterocycles. The molecule has 0 aliphatic carbocycles. The monoisotopic (exact) mass is 340 g/mol. The van der Waals surface area contributed by atoms with Gasteiger partial charge in [0.05, 0.1) is 30.7 Å². The highest BCUT2D eigenvalue weighted by Gasteiger charge is 2.21. The molecule has 0 bridgehead atoms. The third-order valence-electron chi connectivity index (χ3n) is 3.67. The van der Waals surface area contributed by atoms with Crippen LogP contribution in [-0.2, 0) is 9.53 Å². The molecule has 0 radical (unpaired) electrons. The number of nitrogens with zero attached hydrogens (tertiary/aromatic N) is 1. The highest BCUT2D eigenvalue weighted by molar-refractivity contribution is 7.10. The fourth-order valence-electron chi connectivity index (χ4n) is 2.49. The molecule has 3 rings (SSSR count). The molecule has 0 spiro atoms. The summed E-state index contributed by atoms with van der Waals surface area (Å²) in [5, 5.41) is 5.73. The second-order valence-electron chi connectivity index (χ2n) is 5.20. The van der Waals surface area contributed by atoms with Gasteiger partial charge in [0.2, 0.25) is 0 Å². The molecule has 0 aliphatic rings. The molecule has 1 atom stereocenters. The molecular weight excluding hydrogens is 324 g/mol. The van der Waals surface area contributed by atoms with Gasteiger partial charge >= 0.3 is 5.97 Å². The van der Waals surface area contributed by atoms with Crippen molar-refractivity contribution >= 4 is 34.1 Å². The SMILES string of the molecule is COC(=O)CC(NC(=O)c1cccc2cccnc12)c1cccs1. The number of hydrogen-bond acceptors (Lipinski definition) is 5. The van der Waals surface area contributed by atoms with Crippen molar-refractivity contribution in [2.45, 2.75) is 12.5 Å². The van der Waals surface area contributed by atoms with E-state index in [4.69, 9.17) is 4.74 Å². The average Bonchev–Trinajstić information content (AvgIpc) is 3.15. The van der Waals surface area contributed by atoms with E-state index in [-0.39, 0.29) is 18.3 Å². The summed E-state index contributed by atoms with van der Waals surface area (Å²) in [6.07, 6.45) is 1.74. The number of thiophene rings is 1. The number of methoxy groups -OCH3 is 1. The van der Waals surface area contributed by atoms with Crippen LogP contribution in [0.1, 0.15) is 27.7 Å². The van der Waals surface area contributed by atoms with E-state index in [0.29, 0.717) is 11.1 Å². The summed E-state index contributed by atoms with van der Waals surface area (Å²) in [4.78, 5) is 29.6. The van der Waals surface area contributed by atoms with Crippen LogP contribution in [0.3, 0.4) is 0 Å². The fraction of sp³-hybridized carbons (Fsp3) is 0.167. The number of fused-ring (bicyclic) bond motifs is 1. The van der Waals surface area contributed by atoms with Gasteiger partial charge in [0.15, 0.2) is 0 Å². The lowest BCUT2D eigenvalue weighted by molar-refractivity contribution is -0.141. The lowest BCUT2D eigenvalue weighted by atomic mass is 10.1. The van der Waals surface area contributed by atoms with Crippen LogP contribution >= 0.6 is 11.3 Å². The first-order chi connectivity index (χ1) is 11.7.